The Morgan fingerprint density at radius 3 is 2.35 bits per heavy atom. The van der Waals surface area contributed by atoms with Gasteiger partial charge in [0, 0.05) is 43.5 Å². The fourth-order valence-electron chi connectivity index (χ4n) is 5.10. The number of anilines is 3. The van der Waals surface area contributed by atoms with Crippen molar-refractivity contribution in [2.75, 3.05) is 69.5 Å². The average Bonchev–Trinajstić information content (AvgIpc) is 3.06. The van der Waals surface area contributed by atoms with E-state index in [-0.39, 0.29) is 60.5 Å². The van der Waals surface area contributed by atoms with E-state index in [4.69, 9.17) is 14.6 Å². The Morgan fingerprint density at radius 1 is 1.06 bits per heavy atom. The molecule has 3 rings (SSSR count). The number of nitrogens with zero attached hydrogens (tertiary/aromatic N) is 5. The molecule has 5 N–H and O–H groups in total. The van der Waals surface area contributed by atoms with Crippen LogP contribution in [0, 0.1) is 18.3 Å². The first kappa shape index (κ1) is 39.3. The monoisotopic (exact) mass is 697 g/mol. The zero-order valence-corrected chi connectivity index (χ0v) is 29.5. The summed E-state index contributed by atoms with van der Waals surface area (Å²) in [6.07, 6.45) is -0.990. The number of para-hydroxylation sites is 1. The molecule has 0 radical (unpaired) electrons. The van der Waals surface area contributed by atoms with Gasteiger partial charge < -0.3 is 35.4 Å². The molecule has 0 aliphatic rings. The first-order chi connectivity index (χ1) is 23.4. The van der Waals surface area contributed by atoms with Gasteiger partial charge in [0.25, 0.3) is 0 Å². The first-order valence-corrected chi connectivity index (χ1v) is 17.7. The molecule has 0 saturated carbocycles. The molecule has 14 nitrogen and oxygen atoms in total. The summed E-state index contributed by atoms with van der Waals surface area (Å²) < 4.78 is 38.1. The van der Waals surface area contributed by atoms with Crippen molar-refractivity contribution >= 4 is 38.5 Å². The standard InChI is InChI=1S/C34H47N7O7S/c1-6-26-18-29(30(47-5)19-31(26)49(45,46)17-13-41(21-23(2)43)22-24(3)44)39-40-32-25(4)28(20-35)33(36-12-15-48-16-14-42)38-34(32)37-27-10-8-7-9-11-27/h7-11,18-19,23-24,42-44H,6,12-17,21-22H2,1-5H3,(H2,36,37,38)/b40-39+. The van der Waals surface area contributed by atoms with Gasteiger partial charge in [-0.1, -0.05) is 25.1 Å². The van der Waals surface area contributed by atoms with Crippen LogP contribution >= 0.6 is 0 Å². The summed E-state index contributed by atoms with van der Waals surface area (Å²) in [6.45, 7) is 8.11. The second-order valence-electron chi connectivity index (χ2n) is 11.5. The van der Waals surface area contributed by atoms with Crippen LogP contribution in [0.1, 0.15) is 37.5 Å². The van der Waals surface area contributed by atoms with Crippen molar-refractivity contribution in [3.8, 4) is 11.8 Å². The number of aliphatic hydroxyl groups is 3. The Kier molecular flexibility index (Phi) is 15.3. The first-order valence-electron chi connectivity index (χ1n) is 16.1. The highest BCUT2D eigenvalue weighted by Crippen LogP contribution is 2.39. The maximum Gasteiger partial charge on any atom is 0.180 e. The van der Waals surface area contributed by atoms with E-state index in [1.807, 2.05) is 37.3 Å². The van der Waals surface area contributed by atoms with Gasteiger partial charge in [0.2, 0.25) is 0 Å². The summed E-state index contributed by atoms with van der Waals surface area (Å²) in [5, 5.41) is 54.1. The summed E-state index contributed by atoms with van der Waals surface area (Å²) in [7, 11) is -2.39. The third-order valence-electron chi connectivity index (χ3n) is 7.39. The van der Waals surface area contributed by atoms with Gasteiger partial charge in [-0.05, 0) is 51.0 Å². The van der Waals surface area contributed by atoms with Gasteiger partial charge in [0.05, 0.1) is 55.4 Å². The Balaban J connectivity index is 2.02. The molecule has 15 heteroatoms. The number of benzene rings is 2. The molecule has 0 saturated heterocycles. The van der Waals surface area contributed by atoms with Crippen molar-refractivity contribution in [2.45, 2.75) is 51.2 Å². The molecule has 0 bridgehead atoms. The average molecular weight is 698 g/mol. The summed E-state index contributed by atoms with van der Waals surface area (Å²) in [5.41, 5.74) is 2.61. The van der Waals surface area contributed by atoms with Gasteiger partial charge in [-0.2, -0.15) is 5.26 Å². The third-order valence-corrected chi connectivity index (χ3v) is 9.16. The van der Waals surface area contributed by atoms with E-state index in [1.165, 1.54) is 13.2 Å². The summed E-state index contributed by atoms with van der Waals surface area (Å²) in [5.74, 6) is 0.617. The molecule has 49 heavy (non-hydrogen) atoms. The fraction of sp³-hybridized carbons (Fsp3) is 0.471. The van der Waals surface area contributed by atoms with E-state index < -0.39 is 22.0 Å². The molecule has 2 unspecified atom stereocenters. The number of ether oxygens (including phenoxy) is 2. The van der Waals surface area contributed by atoms with E-state index in [0.717, 1.165) is 5.69 Å². The molecule has 1 heterocycles. The molecule has 0 spiro atoms. The number of aromatic nitrogens is 1. The van der Waals surface area contributed by atoms with Crippen molar-refractivity contribution in [1.82, 2.24) is 9.88 Å². The van der Waals surface area contributed by atoms with Crippen LogP contribution in [-0.4, -0.2) is 105 Å². The smallest absolute Gasteiger partial charge is 0.180 e. The van der Waals surface area contributed by atoms with Crippen LogP contribution in [0.25, 0.3) is 0 Å². The van der Waals surface area contributed by atoms with Gasteiger partial charge in [-0.3, -0.25) is 4.90 Å². The van der Waals surface area contributed by atoms with Crippen LogP contribution in [0.4, 0.5) is 28.7 Å². The van der Waals surface area contributed by atoms with Crippen LogP contribution in [0.5, 0.6) is 5.75 Å². The van der Waals surface area contributed by atoms with E-state index in [0.29, 0.717) is 48.0 Å². The Morgan fingerprint density at radius 2 is 1.76 bits per heavy atom. The Bertz CT molecular complexity index is 1690. The maximum atomic E-state index is 13.6. The van der Waals surface area contributed by atoms with Crippen molar-refractivity contribution in [2.24, 2.45) is 10.2 Å². The summed E-state index contributed by atoms with van der Waals surface area (Å²) in [6, 6.07) is 14.6. The number of nitriles is 1. The van der Waals surface area contributed by atoms with Gasteiger partial charge in [0.15, 0.2) is 15.7 Å². The molecule has 2 atom stereocenters. The van der Waals surface area contributed by atoms with E-state index >= 15 is 0 Å². The minimum atomic E-state index is -3.80. The van der Waals surface area contributed by atoms with Crippen LogP contribution in [0.2, 0.25) is 0 Å². The minimum Gasteiger partial charge on any atom is -0.494 e. The van der Waals surface area contributed by atoms with Crippen LogP contribution < -0.4 is 15.4 Å². The lowest BCUT2D eigenvalue weighted by Crippen LogP contribution is -2.39. The van der Waals surface area contributed by atoms with Gasteiger partial charge in [-0.15, -0.1) is 10.2 Å². The van der Waals surface area contributed by atoms with E-state index in [1.54, 1.807) is 31.7 Å². The van der Waals surface area contributed by atoms with Crippen molar-refractivity contribution < 1.29 is 33.2 Å². The lowest BCUT2D eigenvalue weighted by Gasteiger charge is -2.25. The lowest BCUT2D eigenvalue weighted by molar-refractivity contribution is 0.0873. The van der Waals surface area contributed by atoms with Gasteiger partial charge in [-0.25, -0.2) is 13.4 Å². The highest BCUT2D eigenvalue weighted by Gasteiger charge is 2.24. The number of azo groups is 1. The Hall–Kier alpha value is -4.17. The minimum absolute atomic E-state index is 0.0941. The molecular formula is C34H47N7O7S. The molecule has 2 aromatic carbocycles. The number of nitrogens with one attached hydrogen (secondary N) is 2. The molecule has 0 aliphatic carbocycles. The number of aliphatic hydroxyl groups excluding tert-OH is 3. The fourth-order valence-corrected chi connectivity index (χ4v) is 6.71. The predicted octanol–water partition coefficient (Wildman–Crippen LogP) is 4.25. The normalized spacial score (nSPS) is 13.0. The SMILES string of the molecule is CCc1cc(/N=N/c2c(Nc3ccccc3)nc(NCCOCCO)c(C#N)c2C)c(OC)cc1S(=O)(=O)CCN(CC(C)O)CC(C)O. The van der Waals surface area contributed by atoms with Crippen LogP contribution in [0.3, 0.4) is 0 Å². The summed E-state index contributed by atoms with van der Waals surface area (Å²) in [4.78, 5) is 6.50. The lowest BCUT2D eigenvalue weighted by atomic mass is 10.1. The number of sulfone groups is 1. The Labute approximate surface area is 288 Å². The quantitative estimate of drug-likeness (QED) is 0.0831. The number of hydrogen-bond acceptors (Lipinski definition) is 14. The topological polar surface area (TPSA) is 202 Å². The summed E-state index contributed by atoms with van der Waals surface area (Å²) >= 11 is 0. The number of hydrogen-bond donors (Lipinski definition) is 5. The highest BCUT2D eigenvalue weighted by atomic mass is 32.2. The number of rotatable bonds is 20. The zero-order chi connectivity index (χ0) is 36.0. The van der Waals surface area contributed by atoms with E-state index in [9.17, 15) is 23.9 Å². The second-order valence-corrected chi connectivity index (χ2v) is 13.6. The highest BCUT2D eigenvalue weighted by molar-refractivity contribution is 7.91. The maximum absolute atomic E-state index is 13.6. The molecule has 0 amide bonds. The van der Waals surface area contributed by atoms with Crippen LogP contribution in [0.15, 0.2) is 57.6 Å². The second kappa shape index (κ2) is 19.1. The molecule has 266 valence electrons. The zero-order valence-electron chi connectivity index (χ0n) is 28.7. The van der Waals surface area contributed by atoms with Gasteiger partial charge >= 0.3 is 0 Å². The number of methoxy groups -OCH3 is 1. The van der Waals surface area contributed by atoms with Crippen molar-refractivity contribution in [3.63, 3.8) is 0 Å². The van der Waals surface area contributed by atoms with Crippen molar-refractivity contribution in [1.29, 1.82) is 5.26 Å². The third kappa shape index (κ3) is 11.5. The number of aryl methyl sites for hydroxylation is 1. The van der Waals surface area contributed by atoms with E-state index in [2.05, 4.69) is 31.9 Å². The molecule has 3 aromatic rings. The molecule has 1 aromatic heterocycles. The predicted molar refractivity (Wildman–Crippen MR) is 188 cm³/mol. The molecular weight excluding hydrogens is 650 g/mol. The largest absolute Gasteiger partial charge is 0.494 e. The van der Waals surface area contributed by atoms with Gasteiger partial charge in [0.1, 0.15) is 29.0 Å². The molecule has 0 fully saturated rings. The number of pyridine rings is 1. The molecule has 0 aliphatic heterocycles. The van der Waals surface area contributed by atoms with Crippen molar-refractivity contribution in [3.05, 3.63) is 59.2 Å². The van der Waals surface area contributed by atoms with Crippen LogP contribution in [-0.2, 0) is 21.0 Å².